The van der Waals surface area contributed by atoms with Crippen LogP contribution in [0.4, 0.5) is 4.39 Å². The number of aliphatic hydroxyl groups is 1. The van der Waals surface area contributed by atoms with Crippen LogP contribution in [0.2, 0.25) is 5.02 Å². The summed E-state index contributed by atoms with van der Waals surface area (Å²) < 4.78 is 25.5. The normalized spacial score (nSPS) is 17.2. The molecule has 4 rings (SSSR count). The highest BCUT2D eigenvalue weighted by molar-refractivity contribution is 6.46. The Morgan fingerprint density at radius 1 is 1.09 bits per heavy atom. The summed E-state index contributed by atoms with van der Waals surface area (Å²) in [6.07, 6.45) is 3.10. The highest BCUT2D eigenvalue weighted by Gasteiger charge is 2.47. The molecule has 1 aliphatic heterocycles. The number of carbonyl (C=O) groups excluding carboxylic acids is 2. The summed E-state index contributed by atoms with van der Waals surface area (Å²) in [6, 6.07) is 10.8. The Balaban J connectivity index is 1.94. The van der Waals surface area contributed by atoms with Crippen molar-refractivity contribution in [3.05, 3.63) is 94.0 Å². The van der Waals surface area contributed by atoms with Crippen LogP contribution < -0.4 is 9.47 Å². The number of Topliss-reactive ketones (excluding diaryl/α,β-unsaturated/α-hetero) is 1. The molecule has 0 saturated carbocycles. The lowest BCUT2D eigenvalue weighted by molar-refractivity contribution is -0.140. The van der Waals surface area contributed by atoms with Gasteiger partial charge in [0.05, 0.1) is 36.4 Å². The Morgan fingerprint density at radius 3 is 2.41 bits per heavy atom. The predicted octanol–water partition coefficient (Wildman–Crippen LogP) is 4.51. The summed E-state index contributed by atoms with van der Waals surface area (Å²) in [5.41, 5.74) is 0.541. The van der Waals surface area contributed by atoms with Crippen LogP contribution in [-0.2, 0) is 16.1 Å². The van der Waals surface area contributed by atoms with Crippen molar-refractivity contribution in [1.82, 2.24) is 9.88 Å². The SMILES string of the molecule is COc1cc(OC)c(/C(O)=C2\C(=O)C(=O)N(Cc3ccncc3)C2c2ccccc2F)cc1Cl. The molecular weight excluding hydrogens is 463 g/mol. The van der Waals surface area contributed by atoms with Crippen molar-refractivity contribution in [2.75, 3.05) is 14.2 Å². The molecule has 1 unspecified atom stereocenters. The van der Waals surface area contributed by atoms with Crippen molar-refractivity contribution in [1.29, 1.82) is 0 Å². The van der Waals surface area contributed by atoms with Crippen molar-refractivity contribution in [2.45, 2.75) is 12.6 Å². The summed E-state index contributed by atoms with van der Waals surface area (Å²) >= 11 is 6.25. The number of benzene rings is 2. The number of rotatable bonds is 6. The van der Waals surface area contributed by atoms with Crippen molar-refractivity contribution < 1.29 is 28.6 Å². The van der Waals surface area contributed by atoms with Crippen molar-refractivity contribution in [3.63, 3.8) is 0 Å². The average molecular weight is 483 g/mol. The fourth-order valence-electron chi connectivity index (χ4n) is 3.94. The van der Waals surface area contributed by atoms with Crippen LogP contribution in [0.3, 0.4) is 0 Å². The van der Waals surface area contributed by atoms with Gasteiger partial charge in [-0.05, 0) is 29.8 Å². The lowest BCUT2D eigenvalue weighted by Gasteiger charge is -2.26. The topological polar surface area (TPSA) is 89.0 Å². The zero-order chi connectivity index (χ0) is 24.4. The number of pyridine rings is 1. The third-order valence-electron chi connectivity index (χ3n) is 5.57. The van der Waals surface area contributed by atoms with E-state index in [-0.39, 0.29) is 34.0 Å². The first-order chi connectivity index (χ1) is 16.4. The molecule has 0 radical (unpaired) electrons. The highest BCUT2D eigenvalue weighted by atomic mass is 35.5. The van der Waals surface area contributed by atoms with E-state index in [2.05, 4.69) is 4.98 Å². The van der Waals surface area contributed by atoms with Crippen LogP contribution in [0.15, 0.2) is 66.5 Å². The van der Waals surface area contributed by atoms with E-state index in [0.717, 1.165) is 0 Å². The van der Waals surface area contributed by atoms with Gasteiger partial charge in [0.15, 0.2) is 0 Å². The number of likely N-dealkylation sites (tertiary alicyclic amines) is 1. The summed E-state index contributed by atoms with van der Waals surface area (Å²) in [4.78, 5) is 31.4. The Morgan fingerprint density at radius 2 is 1.76 bits per heavy atom. The molecule has 0 aliphatic carbocycles. The second kappa shape index (κ2) is 9.52. The van der Waals surface area contributed by atoms with Gasteiger partial charge in [-0.25, -0.2) is 4.39 Å². The van der Waals surface area contributed by atoms with Gasteiger partial charge in [0.1, 0.15) is 23.1 Å². The van der Waals surface area contributed by atoms with Gasteiger partial charge in [0.2, 0.25) is 0 Å². The van der Waals surface area contributed by atoms with Crippen LogP contribution >= 0.6 is 11.6 Å². The van der Waals surface area contributed by atoms with E-state index in [1.54, 1.807) is 30.6 Å². The Hall–Kier alpha value is -3.91. The van der Waals surface area contributed by atoms with Crippen molar-refractivity contribution >= 4 is 29.1 Å². The number of amides is 1. The van der Waals surface area contributed by atoms with Crippen LogP contribution in [0.25, 0.3) is 5.76 Å². The van der Waals surface area contributed by atoms with Gasteiger partial charge in [-0.15, -0.1) is 0 Å². The van der Waals surface area contributed by atoms with Crippen LogP contribution in [0.5, 0.6) is 11.5 Å². The molecule has 2 heterocycles. The molecule has 9 heteroatoms. The van der Waals surface area contributed by atoms with Gasteiger partial charge in [-0.1, -0.05) is 29.8 Å². The van der Waals surface area contributed by atoms with Crippen molar-refractivity contribution in [3.8, 4) is 11.5 Å². The molecule has 7 nitrogen and oxygen atoms in total. The fraction of sp³-hybridized carbons (Fsp3) is 0.160. The second-order valence-corrected chi connectivity index (χ2v) is 7.90. The number of ether oxygens (including phenoxy) is 2. The standard InChI is InChI=1S/C25H20ClFN2O5/c1-33-19-12-20(34-2)17(26)11-16(19)23(30)21-22(15-5-3-4-6-18(15)27)29(25(32)24(21)31)13-14-7-9-28-10-8-14/h3-12,22,30H,13H2,1-2H3/b23-21+. The molecule has 34 heavy (non-hydrogen) atoms. The zero-order valence-corrected chi connectivity index (χ0v) is 19.0. The lowest BCUT2D eigenvalue weighted by atomic mass is 9.94. The first-order valence-electron chi connectivity index (χ1n) is 10.2. The van der Waals surface area contributed by atoms with Gasteiger partial charge in [0, 0.05) is 30.6 Å². The molecule has 0 spiro atoms. The Bertz CT molecular complexity index is 1300. The number of methoxy groups -OCH3 is 2. The number of nitrogens with zero attached hydrogens (tertiary/aromatic N) is 2. The van der Waals surface area contributed by atoms with Crippen LogP contribution in [0, 0.1) is 5.82 Å². The van der Waals surface area contributed by atoms with E-state index in [1.165, 1.54) is 49.5 Å². The van der Waals surface area contributed by atoms with Crippen LogP contribution in [0.1, 0.15) is 22.7 Å². The summed E-state index contributed by atoms with van der Waals surface area (Å²) in [7, 11) is 2.79. The third kappa shape index (κ3) is 4.08. The molecule has 3 aromatic rings. The maximum Gasteiger partial charge on any atom is 0.295 e. The molecule has 1 aliphatic rings. The van der Waals surface area contributed by atoms with Gasteiger partial charge in [0.25, 0.3) is 11.7 Å². The van der Waals surface area contributed by atoms with E-state index < -0.39 is 29.3 Å². The molecule has 0 bridgehead atoms. The van der Waals surface area contributed by atoms with E-state index >= 15 is 0 Å². The minimum Gasteiger partial charge on any atom is -0.507 e. The smallest absolute Gasteiger partial charge is 0.295 e. The van der Waals surface area contributed by atoms with E-state index in [0.29, 0.717) is 11.3 Å². The van der Waals surface area contributed by atoms with E-state index in [9.17, 15) is 19.1 Å². The fourth-order valence-corrected chi connectivity index (χ4v) is 4.18. The predicted molar refractivity (Wildman–Crippen MR) is 123 cm³/mol. The van der Waals surface area contributed by atoms with E-state index in [4.69, 9.17) is 21.1 Å². The maximum absolute atomic E-state index is 14.9. The molecule has 1 aromatic heterocycles. The first-order valence-corrected chi connectivity index (χ1v) is 10.6. The average Bonchev–Trinajstić information content (AvgIpc) is 3.09. The third-order valence-corrected chi connectivity index (χ3v) is 5.87. The van der Waals surface area contributed by atoms with Crippen molar-refractivity contribution in [2.24, 2.45) is 0 Å². The molecule has 1 saturated heterocycles. The van der Waals surface area contributed by atoms with Gasteiger partial charge in [-0.2, -0.15) is 0 Å². The highest BCUT2D eigenvalue weighted by Crippen LogP contribution is 2.44. The largest absolute Gasteiger partial charge is 0.507 e. The number of hydrogen-bond acceptors (Lipinski definition) is 6. The minimum atomic E-state index is -1.18. The quantitative estimate of drug-likeness (QED) is 0.316. The van der Waals surface area contributed by atoms with Gasteiger partial charge < -0.3 is 19.5 Å². The molecule has 1 fully saturated rings. The summed E-state index contributed by atoms with van der Waals surface area (Å²) in [5.74, 6) is -2.53. The number of aliphatic hydroxyl groups excluding tert-OH is 1. The number of halogens is 2. The lowest BCUT2D eigenvalue weighted by Crippen LogP contribution is -2.29. The second-order valence-electron chi connectivity index (χ2n) is 7.49. The first kappa shape index (κ1) is 23.3. The summed E-state index contributed by atoms with van der Waals surface area (Å²) in [6.45, 7) is 0.00335. The molecular formula is C25H20ClFN2O5. The minimum absolute atomic E-state index is 0.00335. The summed E-state index contributed by atoms with van der Waals surface area (Å²) in [5, 5.41) is 11.4. The number of ketones is 1. The van der Waals surface area contributed by atoms with Gasteiger partial charge >= 0.3 is 0 Å². The zero-order valence-electron chi connectivity index (χ0n) is 18.3. The molecule has 1 N–H and O–H groups in total. The Kier molecular flexibility index (Phi) is 6.51. The molecule has 1 amide bonds. The maximum atomic E-state index is 14.9. The molecule has 1 atom stereocenters. The van der Waals surface area contributed by atoms with Crippen LogP contribution in [-0.4, -0.2) is 40.9 Å². The molecule has 2 aromatic carbocycles. The number of hydrogen-bond donors (Lipinski definition) is 1. The van der Waals surface area contributed by atoms with E-state index in [1.807, 2.05) is 0 Å². The Labute approximate surface area is 200 Å². The van der Waals surface area contributed by atoms with Gasteiger partial charge in [-0.3, -0.25) is 14.6 Å². The monoisotopic (exact) mass is 482 g/mol. The number of carbonyl (C=O) groups is 2. The number of aromatic nitrogens is 1. The molecule has 174 valence electrons.